The van der Waals surface area contributed by atoms with E-state index in [0.29, 0.717) is 5.69 Å². The zero-order valence-corrected chi connectivity index (χ0v) is 21.0. The first-order chi connectivity index (χ1) is 17.3. The second-order valence-electron chi connectivity index (χ2n) is 9.55. The Morgan fingerprint density at radius 2 is 1.75 bits per heavy atom. The van der Waals surface area contributed by atoms with Crippen molar-refractivity contribution < 1.29 is 9.59 Å². The maximum absolute atomic E-state index is 13.0. The lowest BCUT2D eigenvalue weighted by Gasteiger charge is -2.20. The number of carbonyl (C=O) groups excluding carboxylic acids is 2. The molecule has 0 saturated heterocycles. The number of carbonyl (C=O) groups is 2. The van der Waals surface area contributed by atoms with E-state index in [2.05, 4.69) is 22.7 Å². The molecule has 2 N–H and O–H groups in total. The van der Waals surface area contributed by atoms with Crippen molar-refractivity contribution in [3.05, 3.63) is 72.1 Å². The third kappa shape index (κ3) is 4.30. The van der Waals surface area contributed by atoms with Gasteiger partial charge in [0.05, 0.1) is 17.3 Å². The fourth-order valence-electron chi connectivity index (χ4n) is 4.63. The van der Waals surface area contributed by atoms with Gasteiger partial charge in [-0.25, -0.2) is 9.78 Å². The molecule has 1 aliphatic carbocycles. The third-order valence-electron chi connectivity index (χ3n) is 6.81. The van der Waals surface area contributed by atoms with E-state index in [1.165, 1.54) is 0 Å². The van der Waals surface area contributed by atoms with Crippen LogP contribution in [0.3, 0.4) is 0 Å². The number of urea groups is 1. The standard InChI is InChI=1S/C28H30N6O2/c1-5-18-7-6-8-21(15-18)31-27(36)30-20-11-9-19(10-12-20)22-16-24(28(13-14-28)26(35)33(2)3)32-25-23(22)17-29-34(25)4/h6-12,15-17H,5,13-14H2,1-4H3,(H2,30,31,36). The highest BCUT2D eigenvalue weighted by Gasteiger charge is 2.53. The zero-order valence-electron chi connectivity index (χ0n) is 21.0. The van der Waals surface area contributed by atoms with Gasteiger partial charge in [-0.1, -0.05) is 31.2 Å². The van der Waals surface area contributed by atoms with Gasteiger partial charge in [0.1, 0.15) is 0 Å². The van der Waals surface area contributed by atoms with E-state index in [9.17, 15) is 9.59 Å². The molecule has 1 saturated carbocycles. The number of rotatable bonds is 6. The summed E-state index contributed by atoms with van der Waals surface area (Å²) in [6.45, 7) is 2.08. The minimum absolute atomic E-state index is 0.0810. The Bertz CT molecular complexity index is 1450. The van der Waals surface area contributed by atoms with Gasteiger partial charge in [-0.15, -0.1) is 0 Å². The molecule has 1 aliphatic rings. The fraction of sp³-hybridized carbons (Fsp3) is 0.286. The number of fused-ring (bicyclic) bond motifs is 1. The van der Waals surface area contributed by atoms with E-state index >= 15 is 0 Å². The SMILES string of the molecule is CCc1cccc(NC(=O)Nc2ccc(-c3cc(C4(C(=O)N(C)C)CC4)nc4c3cnn4C)cc2)c1. The number of aromatic nitrogens is 3. The van der Waals surface area contributed by atoms with Crippen LogP contribution >= 0.6 is 0 Å². The molecule has 4 aromatic rings. The topological polar surface area (TPSA) is 92.2 Å². The Morgan fingerprint density at radius 1 is 1.03 bits per heavy atom. The van der Waals surface area contributed by atoms with Crippen LogP contribution in [0.1, 0.15) is 31.0 Å². The van der Waals surface area contributed by atoms with Gasteiger partial charge in [-0.05, 0) is 66.3 Å². The first-order valence-electron chi connectivity index (χ1n) is 12.1. The highest BCUT2D eigenvalue weighted by atomic mass is 16.2. The van der Waals surface area contributed by atoms with Crippen LogP contribution in [-0.2, 0) is 23.7 Å². The average Bonchev–Trinajstić information content (AvgIpc) is 3.61. The van der Waals surface area contributed by atoms with E-state index in [-0.39, 0.29) is 11.9 Å². The van der Waals surface area contributed by atoms with Gasteiger partial charge in [0, 0.05) is 37.9 Å². The predicted molar refractivity (Wildman–Crippen MR) is 142 cm³/mol. The summed E-state index contributed by atoms with van der Waals surface area (Å²) in [4.78, 5) is 32.0. The molecule has 0 radical (unpaired) electrons. The van der Waals surface area contributed by atoms with Crippen LogP contribution in [0.4, 0.5) is 16.2 Å². The number of benzene rings is 2. The molecule has 0 unspecified atom stereocenters. The van der Waals surface area contributed by atoms with E-state index in [1.54, 1.807) is 29.9 Å². The zero-order chi connectivity index (χ0) is 25.4. The first kappa shape index (κ1) is 23.5. The van der Waals surface area contributed by atoms with Gasteiger partial charge in [0.2, 0.25) is 5.91 Å². The Kier molecular flexibility index (Phi) is 5.96. The number of aryl methyl sites for hydroxylation is 2. The Balaban J connectivity index is 1.41. The molecule has 0 aliphatic heterocycles. The molecule has 8 heteroatoms. The highest BCUT2D eigenvalue weighted by molar-refractivity contribution is 6.00. The Hall–Kier alpha value is -4.20. The minimum atomic E-state index is -0.564. The second kappa shape index (κ2) is 9.11. The van der Waals surface area contributed by atoms with Crippen molar-refractivity contribution in [3.8, 4) is 11.1 Å². The number of nitrogens with one attached hydrogen (secondary N) is 2. The summed E-state index contributed by atoms with van der Waals surface area (Å²) >= 11 is 0. The van der Waals surface area contributed by atoms with Crippen LogP contribution in [0.2, 0.25) is 0 Å². The normalized spacial score (nSPS) is 13.9. The molecule has 2 aromatic heterocycles. The van der Waals surface area contributed by atoms with Crippen molar-refractivity contribution in [1.29, 1.82) is 0 Å². The van der Waals surface area contributed by atoms with E-state index in [0.717, 1.165) is 58.4 Å². The molecule has 8 nitrogen and oxygen atoms in total. The van der Waals surface area contributed by atoms with Crippen LogP contribution in [0, 0.1) is 0 Å². The monoisotopic (exact) mass is 482 g/mol. The van der Waals surface area contributed by atoms with Gasteiger partial charge >= 0.3 is 6.03 Å². The second-order valence-corrected chi connectivity index (χ2v) is 9.55. The van der Waals surface area contributed by atoms with Crippen LogP contribution in [0.25, 0.3) is 22.2 Å². The fourth-order valence-corrected chi connectivity index (χ4v) is 4.63. The lowest BCUT2D eigenvalue weighted by molar-refractivity contribution is -0.131. The number of amides is 3. The van der Waals surface area contributed by atoms with E-state index in [4.69, 9.17) is 4.98 Å². The quantitative estimate of drug-likeness (QED) is 0.406. The largest absolute Gasteiger partial charge is 0.348 e. The minimum Gasteiger partial charge on any atom is -0.348 e. The van der Waals surface area contributed by atoms with E-state index in [1.807, 2.05) is 61.6 Å². The summed E-state index contributed by atoms with van der Waals surface area (Å²) in [5.41, 5.74) is 5.50. The van der Waals surface area contributed by atoms with Crippen LogP contribution in [0.15, 0.2) is 60.8 Å². The number of nitrogens with zero attached hydrogens (tertiary/aromatic N) is 4. The van der Waals surface area contributed by atoms with Crippen molar-refractivity contribution in [2.45, 2.75) is 31.6 Å². The maximum Gasteiger partial charge on any atom is 0.323 e. The number of likely N-dealkylation sites (N-methyl/N-ethyl adjacent to an activating group) is 1. The Morgan fingerprint density at radius 3 is 2.42 bits per heavy atom. The average molecular weight is 483 g/mol. The summed E-state index contributed by atoms with van der Waals surface area (Å²) in [5.74, 6) is 0.0810. The van der Waals surface area contributed by atoms with Gasteiger partial charge in [0.15, 0.2) is 5.65 Å². The molecule has 2 heterocycles. The summed E-state index contributed by atoms with van der Waals surface area (Å²) in [5, 5.41) is 11.1. The van der Waals surface area contributed by atoms with Crippen molar-refractivity contribution in [2.75, 3.05) is 24.7 Å². The van der Waals surface area contributed by atoms with Crippen molar-refractivity contribution in [3.63, 3.8) is 0 Å². The van der Waals surface area contributed by atoms with Crippen molar-refractivity contribution in [2.24, 2.45) is 7.05 Å². The van der Waals surface area contributed by atoms with Crippen molar-refractivity contribution >= 4 is 34.3 Å². The third-order valence-corrected chi connectivity index (χ3v) is 6.81. The predicted octanol–water partition coefficient (Wildman–Crippen LogP) is 4.96. The molecule has 0 atom stereocenters. The molecule has 36 heavy (non-hydrogen) atoms. The van der Waals surface area contributed by atoms with Crippen LogP contribution < -0.4 is 10.6 Å². The maximum atomic E-state index is 13.0. The number of hydrogen-bond donors (Lipinski definition) is 2. The molecule has 2 aromatic carbocycles. The van der Waals surface area contributed by atoms with Gasteiger partial charge in [0.25, 0.3) is 0 Å². The molecule has 0 spiro atoms. The Labute approximate surface area is 210 Å². The molecular formula is C28H30N6O2. The smallest absolute Gasteiger partial charge is 0.323 e. The number of hydrogen-bond acceptors (Lipinski definition) is 4. The lowest BCUT2D eigenvalue weighted by atomic mass is 9.95. The molecule has 0 bridgehead atoms. The van der Waals surface area contributed by atoms with Crippen molar-refractivity contribution in [1.82, 2.24) is 19.7 Å². The number of anilines is 2. The van der Waals surface area contributed by atoms with Gasteiger partial charge < -0.3 is 15.5 Å². The van der Waals surface area contributed by atoms with E-state index < -0.39 is 5.41 Å². The van der Waals surface area contributed by atoms with Crippen LogP contribution in [-0.4, -0.2) is 45.7 Å². The van der Waals surface area contributed by atoms with Gasteiger partial charge in [-0.2, -0.15) is 5.10 Å². The molecule has 1 fully saturated rings. The lowest BCUT2D eigenvalue weighted by Crippen LogP contribution is -2.34. The summed E-state index contributed by atoms with van der Waals surface area (Å²) in [6, 6.07) is 17.2. The summed E-state index contributed by atoms with van der Waals surface area (Å²) in [7, 11) is 5.43. The highest BCUT2D eigenvalue weighted by Crippen LogP contribution is 2.50. The molecule has 5 rings (SSSR count). The molecular weight excluding hydrogens is 452 g/mol. The first-order valence-corrected chi connectivity index (χ1v) is 12.1. The summed E-state index contributed by atoms with van der Waals surface area (Å²) in [6.07, 6.45) is 4.29. The van der Waals surface area contributed by atoms with Crippen LogP contribution in [0.5, 0.6) is 0 Å². The molecule has 184 valence electrons. The van der Waals surface area contributed by atoms with Gasteiger partial charge in [-0.3, -0.25) is 9.48 Å². The number of pyridine rings is 1. The summed E-state index contributed by atoms with van der Waals surface area (Å²) < 4.78 is 1.74. The molecule has 3 amide bonds.